The summed E-state index contributed by atoms with van der Waals surface area (Å²) < 4.78 is 5.07. The van der Waals surface area contributed by atoms with Crippen molar-refractivity contribution in [2.24, 2.45) is 0 Å². The minimum absolute atomic E-state index is 0.249. The first-order valence-electron chi connectivity index (χ1n) is 7.07. The summed E-state index contributed by atoms with van der Waals surface area (Å²) in [5, 5.41) is 3.19. The Morgan fingerprint density at radius 3 is 2.50 bits per heavy atom. The predicted octanol–water partition coefficient (Wildman–Crippen LogP) is 4.23. The van der Waals surface area contributed by atoms with E-state index in [2.05, 4.69) is 15.8 Å². The molecule has 2 aromatic carbocycles. The van der Waals surface area contributed by atoms with E-state index in [1.807, 2.05) is 29.6 Å². The molecule has 1 amide bonds. The van der Waals surface area contributed by atoms with Gasteiger partial charge in [0.05, 0.1) is 12.8 Å². The lowest BCUT2D eigenvalue weighted by atomic mass is 10.2. The molecule has 0 aliphatic carbocycles. The summed E-state index contributed by atoms with van der Waals surface area (Å²) in [7, 11) is 1.58. The first-order chi connectivity index (χ1) is 11.7. The smallest absolute Gasteiger partial charge is 0.269 e. The molecule has 0 saturated carbocycles. The number of amides is 1. The first-order valence-corrected chi connectivity index (χ1v) is 8.33. The lowest BCUT2D eigenvalue weighted by Crippen LogP contribution is -2.29. The number of aromatic nitrogens is 1. The third-order valence-corrected chi connectivity index (χ3v) is 4.29. The van der Waals surface area contributed by atoms with E-state index < -0.39 is 0 Å². The zero-order chi connectivity index (χ0) is 16.9. The Kier molecular flexibility index (Phi) is 4.98. The van der Waals surface area contributed by atoms with Crippen LogP contribution in [0.4, 0.5) is 5.13 Å². The summed E-state index contributed by atoms with van der Waals surface area (Å²) in [5.74, 6) is 0.452. The number of carbonyl (C=O) groups excluding carboxylic acids is 1. The maximum atomic E-state index is 12.1. The van der Waals surface area contributed by atoms with Gasteiger partial charge in [0.2, 0.25) is 5.13 Å². The van der Waals surface area contributed by atoms with Gasteiger partial charge < -0.3 is 4.74 Å². The summed E-state index contributed by atoms with van der Waals surface area (Å²) in [6.45, 7) is 0. The normalized spacial score (nSPS) is 10.2. The fourth-order valence-electron chi connectivity index (χ4n) is 2.01. The molecule has 1 heterocycles. The van der Waals surface area contributed by atoms with E-state index in [1.54, 1.807) is 31.4 Å². The minimum Gasteiger partial charge on any atom is -0.497 e. The Labute approximate surface area is 148 Å². The Balaban J connectivity index is 1.62. The minimum atomic E-state index is -0.249. The molecule has 0 saturated heterocycles. The monoisotopic (exact) mass is 359 g/mol. The fourth-order valence-corrected chi connectivity index (χ4v) is 2.81. The number of nitrogens with zero attached hydrogens (tertiary/aromatic N) is 1. The van der Waals surface area contributed by atoms with Gasteiger partial charge in [0.15, 0.2) is 0 Å². The van der Waals surface area contributed by atoms with Gasteiger partial charge in [-0.1, -0.05) is 23.7 Å². The van der Waals surface area contributed by atoms with Crippen LogP contribution in [0.2, 0.25) is 5.02 Å². The summed E-state index contributed by atoms with van der Waals surface area (Å²) in [5.41, 5.74) is 7.75. The second-order valence-electron chi connectivity index (χ2n) is 4.85. The van der Waals surface area contributed by atoms with Crippen LogP contribution in [0, 0.1) is 0 Å². The number of anilines is 1. The highest BCUT2D eigenvalue weighted by Crippen LogP contribution is 2.25. The number of ether oxygens (including phenoxy) is 1. The van der Waals surface area contributed by atoms with Gasteiger partial charge in [-0.2, -0.15) is 0 Å². The van der Waals surface area contributed by atoms with Gasteiger partial charge in [-0.3, -0.25) is 15.6 Å². The molecule has 2 N–H and O–H groups in total. The van der Waals surface area contributed by atoms with E-state index in [1.165, 1.54) is 11.3 Å². The number of halogens is 1. The highest BCUT2D eigenvalue weighted by molar-refractivity contribution is 7.14. The summed E-state index contributed by atoms with van der Waals surface area (Å²) in [6.07, 6.45) is 0. The highest BCUT2D eigenvalue weighted by Gasteiger charge is 2.08. The molecular formula is C17H14ClN3O2S. The molecule has 0 spiro atoms. The number of rotatable bonds is 5. The van der Waals surface area contributed by atoms with Crippen molar-refractivity contribution < 1.29 is 9.53 Å². The van der Waals surface area contributed by atoms with Crippen LogP contribution in [0.25, 0.3) is 11.3 Å². The van der Waals surface area contributed by atoms with Crippen LogP contribution in [0.3, 0.4) is 0 Å². The van der Waals surface area contributed by atoms with Crippen molar-refractivity contribution in [1.29, 1.82) is 0 Å². The molecule has 0 radical (unpaired) electrons. The van der Waals surface area contributed by atoms with Gasteiger partial charge in [-0.25, -0.2) is 4.98 Å². The van der Waals surface area contributed by atoms with Crippen molar-refractivity contribution in [3.05, 3.63) is 64.5 Å². The molecule has 122 valence electrons. The molecule has 0 aliphatic rings. The second-order valence-corrected chi connectivity index (χ2v) is 6.15. The molecule has 0 unspecified atom stereocenters. The molecule has 0 bridgehead atoms. The van der Waals surface area contributed by atoms with E-state index in [-0.39, 0.29) is 5.91 Å². The standard InChI is InChI=1S/C17H14ClN3O2S/c1-23-14-8-4-12(5-9-14)16(22)20-21-17-19-15(10-24-17)11-2-6-13(18)7-3-11/h2-10H,1H3,(H,19,21)(H,20,22). The van der Waals surface area contributed by atoms with Gasteiger partial charge in [0.1, 0.15) is 5.75 Å². The topological polar surface area (TPSA) is 63.2 Å². The molecule has 0 fully saturated rings. The van der Waals surface area contributed by atoms with Crippen molar-refractivity contribution in [2.45, 2.75) is 0 Å². The third kappa shape index (κ3) is 3.84. The van der Waals surface area contributed by atoms with Crippen molar-refractivity contribution in [2.75, 3.05) is 12.5 Å². The van der Waals surface area contributed by atoms with Gasteiger partial charge in [-0.05, 0) is 36.4 Å². The number of hydrogen-bond acceptors (Lipinski definition) is 5. The second kappa shape index (κ2) is 7.33. The Morgan fingerprint density at radius 1 is 1.12 bits per heavy atom. The number of nitrogens with one attached hydrogen (secondary N) is 2. The Hall–Kier alpha value is -2.57. The van der Waals surface area contributed by atoms with E-state index in [9.17, 15) is 4.79 Å². The molecular weight excluding hydrogens is 346 g/mol. The van der Waals surface area contributed by atoms with Gasteiger partial charge in [-0.15, -0.1) is 11.3 Å². The van der Waals surface area contributed by atoms with Crippen molar-refractivity contribution in [3.8, 4) is 17.0 Å². The van der Waals surface area contributed by atoms with E-state index in [4.69, 9.17) is 16.3 Å². The van der Waals surface area contributed by atoms with Gasteiger partial charge in [0, 0.05) is 21.5 Å². The van der Waals surface area contributed by atoms with Crippen LogP contribution in [0.15, 0.2) is 53.9 Å². The number of benzene rings is 2. The van der Waals surface area contributed by atoms with Crippen LogP contribution in [0.5, 0.6) is 5.75 Å². The van der Waals surface area contributed by atoms with Crippen molar-refractivity contribution in [1.82, 2.24) is 10.4 Å². The van der Waals surface area contributed by atoms with Crippen molar-refractivity contribution >= 4 is 34.0 Å². The van der Waals surface area contributed by atoms with E-state index in [0.29, 0.717) is 21.5 Å². The SMILES string of the molecule is COc1ccc(C(=O)NNc2nc(-c3ccc(Cl)cc3)cs2)cc1. The fraction of sp³-hybridized carbons (Fsp3) is 0.0588. The molecule has 3 rings (SSSR count). The first kappa shape index (κ1) is 16.3. The maximum absolute atomic E-state index is 12.1. The molecule has 3 aromatic rings. The molecule has 24 heavy (non-hydrogen) atoms. The average Bonchev–Trinajstić information content (AvgIpc) is 3.09. The number of hydrogen-bond donors (Lipinski definition) is 2. The van der Waals surface area contributed by atoms with Crippen molar-refractivity contribution in [3.63, 3.8) is 0 Å². The zero-order valence-electron chi connectivity index (χ0n) is 12.7. The number of methoxy groups -OCH3 is 1. The van der Waals surface area contributed by atoms with Crippen LogP contribution < -0.4 is 15.6 Å². The van der Waals surface area contributed by atoms with E-state index >= 15 is 0 Å². The Morgan fingerprint density at radius 2 is 1.83 bits per heavy atom. The Bertz CT molecular complexity index is 832. The molecule has 5 nitrogen and oxygen atoms in total. The maximum Gasteiger partial charge on any atom is 0.269 e. The number of thiazole rings is 1. The van der Waals surface area contributed by atoms with E-state index in [0.717, 1.165) is 11.3 Å². The van der Waals surface area contributed by atoms with Gasteiger partial charge >= 0.3 is 0 Å². The zero-order valence-corrected chi connectivity index (χ0v) is 14.3. The lowest BCUT2D eigenvalue weighted by Gasteiger charge is -2.06. The quantitative estimate of drug-likeness (QED) is 0.669. The third-order valence-electron chi connectivity index (χ3n) is 3.28. The lowest BCUT2D eigenvalue weighted by molar-refractivity contribution is 0.0962. The van der Waals surface area contributed by atoms with Crippen LogP contribution in [0.1, 0.15) is 10.4 Å². The summed E-state index contributed by atoms with van der Waals surface area (Å²) in [6, 6.07) is 14.3. The number of carbonyl (C=O) groups is 1. The van der Waals surface area contributed by atoms with Crippen LogP contribution in [-0.2, 0) is 0 Å². The molecule has 7 heteroatoms. The summed E-state index contributed by atoms with van der Waals surface area (Å²) in [4.78, 5) is 16.5. The molecule has 0 aliphatic heterocycles. The largest absolute Gasteiger partial charge is 0.497 e. The highest BCUT2D eigenvalue weighted by atomic mass is 35.5. The predicted molar refractivity (Wildman–Crippen MR) is 96.6 cm³/mol. The van der Waals surface area contributed by atoms with Crippen LogP contribution in [-0.4, -0.2) is 18.0 Å². The average molecular weight is 360 g/mol. The van der Waals surface area contributed by atoms with Gasteiger partial charge in [0.25, 0.3) is 5.91 Å². The molecule has 1 aromatic heterocycles. The van der Waals surface area contributed by atoms with Crippen LogP contribution >= 0.6 is 22.9 Å². The molecule has 0 atom stereocenters. The summed E-state index contributed by atoms with van der Waals surface area (Å²) >= 11 is 7.28. The number of hydrazine groups is 1.